The summed E-state index contributed by atoms with van der Waals surface area (Å²) in [7, 11) is 3.41. The molecule has 0 saturated heterocycles. The molecule has 0 spiro atoms. The third-order valence-corrected chi connectivity index (χ3v) is 2.17. The minimum Gasteiger partial charge on any atom is -0.385 e. The van der Waals surface area contributed by atoms with Gasteiger partial charge in [0.1, 0.15) is 0 Å². The Hall–Kier alpha value is -0.610. The fourth-order valence-corrected chi connectivity index (χ4v) is 1.16. The van der Waals surface area contributed by atoms with E-state index in [1.54, 1.807) is 19.1 Å². The average Bonchev–Trinajstić information content (AvgIpc) is 2.21. The highest BCUT2D eigenvalue weighted by Crippen LogP contribution is 1.98. The third kappa shape index (κ3) is 5.19. The Bertz CT molecular complexity index is 146. The third-order valence-electron chi connectivity index (χ3n) is 2.17. The van der Waals surface area contributed by atoms with Gasteiger partial charge in [-0.15, -0.1) is 0 Å². The van der Waals surface area contributed by atoms with Crippen molar-refractivity contribution in [3.8, 4) is 0 Å². The predicted molar refractivity (Wildman–Crippen MR) is 57.0 cm³/mol. The molecule has 0 fully saturated rings. The standard InChI is InChI=1S/C10H22N2O2/c1-4-5-7-12(2)10(13)9(11)6-8-14-3/h9H,4-8,11H2,1-3H3. The van der Waals surface area contributed by atoms with E-state index in [2.05, 4.69) is 6.92 Å². The largest absolute Gasteiger partial charge is 0.385 e. The molecular weight excluding hydrogens is 180 g/mol. The van der Waals surface area contributed by atoms with Gasteiger partial charge < -0.3 is 15.4 Å². The zero-order chi connectivity index (χ0) is 11.0. The molecule has 0 aliphatic heterocycles. The quantitative estimate of drug-likeness (QED) is 0.658. The summed E-state index contributed by atoms with van der Waals surface area (Å²) >= 11 is 0. The maximum absolute atomic E-state index is 11.6. The van der Waals surface area contributed by atoms with E-state index < -0.39 is 6.04 Å². The van der Waals surface area contributed by atoms with E-state index in [0.717, 1.165) is 19.4 Å². The van der Waals surface area contributed by atoms with Crippen LogP contribution in [0.4, 0.5) is 0 Å². The van der Waals surface area contributed by atoms with Crippen molar-refractivity contribution in [3.63, 3.8) is 0 Å². The molecular formula is C10H22N2O2. The first kappa shape index (κ1) is 13.4. The molecule has 1 atom stereocenters. The second kappa shape index (κ2) is 7.76. The lowest BCUT2D eigenvalue weighted by Gasteiger charge is -2.20. The monoisotopic (exact) mass is 202 g/mol. The van der Waals surface area contributed by atoms with Crippen LogP contribution in [0.3, 0.4) is 0 Å². The highest BCUT2D eigenvalue weighted by molar-refractivity contribution is 5.81. The number of unbranched alkanes of at least 4 members (excludes halogenated alkanes) is 1. The van der Waals surface area contributed by atoms with Gasteiger partial charge >= 0.3 is 0 Å². The van der Waals surface area contributed by atoms with Gasteiger partial charge in [-0.25, -0.2) is 0 Å². The lowest BCUT2D eigenvalue weighted by atomic mass is 10.2. The first-order chi connectivity index (χ1) is 6.63. The maximum atomic E-state index is 11.6. The molecule has 0 radical (unpaired) electrons. The van der Waals surface area contributed by atoms with E-state index in [0.29, 0.717) is 13.0 Å². The maximum Gasteiger partial charge on any atom is 0.239 e. The molecule has 4 heteroatoms. The molecule has 0 aliphatic carbocycles. The summed E-state index contributed by atoms with van der Waals surface area (Å²) in [5.41, 5.74) is 5.70. The van der Waals surface area contributed by atoms with Gasteiger partial charge in [-0.05, 0) is 12.8 Å². The first-order valence-electron chi connectivity index (χ1n) is 5.13. The zero-order valence-corrected chi connectivity index (χ0v) is 9.45. The number of amides is 1. The van der Waals surface area contributed by atoms with E-state index in [1.807, 2.05) is 0 Å². The van der Waals surface area contributed by atoms with Gasteiger partial charge in [-0.3, -0.25) is 4.79 Å². The van der Waals surface area contributed by atoms with Crippen molar-refractivity contribution in [1.82, 2.24) is 4.90 Å². The van der Waals surface area contributed by atoms with Gasteiger partial charge in [-0.1, -0.05) is 13.3 Å². The summed E-state index contributed by atoms with van der Waals surface area (Å²) in [4.78, 5) is 13.3. The molecule has 1 amide bonds. The van der Waals surface area contributed by atoms with Crippen molar-refractivity contribution >= 4 is 5.91 Å². The van der Waals surface area contributed by atoms with Crippen LogP contribution >= 0.6 is 0 Å². The number of hydrogen-bond acceptors (Lipinski definition) is 3. The van der Waals surface area contributed by atoms with Crippen molar-refractivity contribution in [2.45, 2.75) is 32.2 Å². The number of methoxy groups -OCH3 is 1. The Balaban J connectivity index is 3.78. The van der Waals surface area contributed by atoms with E-state index in [1.165, 1.54) is 0 Å². The van der Waals surface area contributed by atoms with Crippen LogP contribution in [0.2, 0.25) is 0 Å². The Morgan fingerprint density at radius 3 is 2.71 bits per heavy atom. The summed E-state index contributed by atoms with van der Waals surface area (Å²) in [6, 6.07) is -0.420. The number of ether oxygens (including phenoxy) is 1. The predicted octanol–water partition coefficient (Wildman–Crippen LogP) is 0.609. The Morgan fingerprint density at radius 1 is 1.57 bits per heavy atom. The molecule has 1 unspecified atom stereocenters. The Morgan fingerprint density at radius 2 is 2.21 bits per heavy atom. The van der Waals surface area contributed by atoms with E-state index >= 15 is 0 Å². The topological polar surface area (TPSA) is 55.6 Å². The number of carbonyl (C=O) groups is 1. The molecule has 0 bridgehead atoms. The second-order valence-corrected chi connectivity index (χ2v) is 3.50. The summed E-state index contributed by atoms with van der Waals surface area (Å²) in [6.07, 6.45) is 2.70. The van der Waals surface area contributed by atoms with Crippen LogP contribution in [0, 0.1) is 0 Å². The number of likely N-dealkylation sites (N-methyl/N-ethyl adjacent to an activating group) is 1. The number of carbonyl (C=O) groups excluding carboxylic acids is 1. The normalized spacial score (nSPS) is 12.6. The molecule has 4 nitrogen and oxygen atoms in total. The molecule has 0 aromatic carbocycles. The van der Waals surface area contributed by atoms with Gasteiger partial charge in [0.2, 0.25) is 5.91 Å². The average molecular weight is 202 g/mol. The SMILES string of the molecule is CCCCN(C)C(=O)C(N)CCOC. The van der Waals surface area contributed by atoms with Crippen molar-refractivity contribution in [1.29, 1.82) is 0 Å². The molecule has 0 saturated carbocycles. The van der Waals surface area contributed by atoms with Crippen molar-refractivity contribution in [3.05, 3.63) is 0 Å². The fourth-order valence-electron chi connectivity index (χ4n) is 1.16. The van der Waals surface area contributed by atoms with E-state index in [-0.39, 0.29) is 5.91 Å². The van der Waals surface area contributed by atoms with Crippen LogP contribution in [0.5, 0.6) is 0 Å². The van der Waals surface area contributed by atoms with Crippen LogP contribution in [-0.2, 0) is 9.53 Å². The van der Waals surface area contributed by atoms with Crippen molar-refractivity contribution < 1.29 is 9.53 Å². The van der Waals surface area contributed by atoms with Gasteiger partial charge in [0, 0.05) is 27.3 Å². The minimum atomic E-state index is -0.420. The summed E-state index contributed by atoms with van der Waals surface area (Å²) in [5.74, 6) is 0.00972. The molecule has 0 heterocycles. The van der Waals surface area contributed by atoms with Crippen LogP contribution in [-0.4, -0.2) is 44.2 Å². The lowest BCUT2D eigenvalue weighted by Crippen LogP contribution is -2.42. The summed E-state index contributed by atoms with van der Waals surface area (Å²) in [5, 5.41) is 0. The highest BCUT2D eigenvalue weighted by atomic mass is 16.5. The number of nitrogens with two attached hydrogens (primary N) is 1. The van der Waals surface area contributed by atoms with Gasteiger partial charge in [0.05, 0.1) is 6.04 Å². The van der Waals surface area contributed by atoms with Crippen molar-refractivity contribution in [2.75, 3.05) is 27.3 Å². The second-order valence-electron chi connectivity index (χ2n) is 3.50. The molecule has 0 rings (SSSR count). The number of rotatable bonds is 7. The van der Waals surface area contributed by atoms with Crippen LogP contribution in [0.15, 0.2) is 0 Å². The zero-order valence-electron chi connectivity index (χ0n) is 9.45. The smallest absolute Gasteiger partial charge is 0.239 e. The Labute approximate surface area is 86.4 Å². The fraction of sp³-hybridized carbons (Fsp3) is 0.900. The van der Waals surface area contributed by atoms with Gasteiger partial charge in [-0.2, -0.15) is 0 Å². The molecule has 0 aromatic heterocycles. The van der Waals surface area contributed by atoms with Crippen LogP contribution in [0.1, 0.15) is 26.2 Å². The Kier molecular flexibility index (Phi) is 7.42. The van der Waals surface area contributed by atoms with Crippen molar-refractivity contribution in [2.24, 2.45) is 5.73 Å². The van der Waals surface area contributed by atoms with Gasteiger partial charge in [0.15, 0.2) is 0 Å². The molecule has 0 aromatic rings. The van der Waals surface area contributed by atoms with Gasteiger partial charge in [0.25, 0.3) is 0 Å². The molecule has 0 aliphatic rings. The van der Waals surface area contributed by atoms with Crippen LogP contribution < -0.4 is 5.73 Å². The molecule has 2 N–H and O–H groups in total. The van der Waals surface area contributed by atoms with E-state index in [4.69, 9.17) is 10.5 Å². The summed E-state index contributed by atoms with van der Waals surface area (Å²) in [6.45, 7) is 3.42. The summed E-state index contributed by atoms with van der Waals surface area (Å²) < 4.78 is 4.87. The molecule has 84 valence electrons. The molecule has 14 heavy (non-hydrogen) atoms. The highest BCUT2D eigenvalue weighted by Gasteiger charge is 2.16. The lowest BCUT2D eigenvalue weighted by molar-refractivity contribution is -0.131. The number of hydrogen-bond donors (Lipinski definition) is 1. The first-order valence-corrected chi connectivity index (χ1v) is 5.13. The number of nitrogens with zero attached hydrogens (tertiary/aromatic N) is 1. The van der Waals surface area contributed by atoms with Crippen LogP contribution in [0.25, 0.3) is 0 Å². The minimum absolute atomic E-state index is 0.00972. The van der Waals surface area contributed by atoms with E-state index in [9.17, 15) is 4.79 Å².